The molecule has 0 bridgehead atoms. The summed E-state index contributed by atoms with van der Waals surface area (Å²) in [5.74, 6) is -3.54. The first kappa shape index (κ1) is 16.3. The summed E-state index contributed by atoms with van der Waals surface area (Å²) < 4.78 is 28.5. The molecule has 0 aliphatic rings. The van der Waals surface area contributed by atoms with Gasteiger partial charge in [-0.25, -0.2) is 0 Å². The minimum absolute atomic E-state index is 0.369. The van der Waals surface area contributed by atoms with Crippen LogP contribution in [-0.4, -0.2) is 39.9 Å². The highest BCUT2D eigenvalue weighted by Gasteiger charge is 2.51. The summed E-state index contributed by atoms with van der Waals surface area (Å²) in [6.45, 7) is 3.40. The average molecular weight is 278 g/mol. The second-order valence-corrected chi connectivity index (χ2v) is 5.28. The monoisotopic (exact) mass is 278 g/mol. The largest absolute Gasteiger partial charge is 0.481 e. The summed E-state index contributed by atoms with van der Waals surface area (Å²) in [7, 11) is -5.07. The van der Waals surface area contributed by atoms with E-state index in [1.54, 1.807) is 0 Å². The van der Waals surface area contributed by atoms with Crippen LogP contribution in [0, 0.1) is 0 Å². The van der Waals surface area contributed by atoms with E-state index in [0.29, 0.717) is 6.42 Å². The molecule has 102 valence electrons. The highest BCUT2D eigenvalue weighted by atomic mass is 32.2. The first-order valence-electron chi connectivity index (χ1n) is 4.85. The van der Waals surface area contributed by atoms with E-state index in [1.165, 1.54) is 18.2 Å². The third-order valence-corrected chi connectivity index (χ3v) is 3.71. The summed E-state index contributed by atoms with van der Waals surface area (Å²) >= 11 is 0. The topological polar surface area (TPSA) is 129 Å². The average Bonchev–Trinajstić information content (AvgIpc) is 2.19. The molecule has 0 saturated heterocycles. The van der Waals surface area contributed by atoms with Crippen molar-refractivity contribution in [3.63, 3.8) is 0 Å². The summed E-state index contributed by atoms with van der Waals surface area (Å²) in [4.78, 5) is 21.6. The lowest BCUT2D eigenvalue weighted by atomic mass is 10.00. The van der Waals surface area contributed by atoms with Crippen molar-refractivity contribution in [3.8, 4) is 0 Å². The van der Waals surface area contributed by atoms with Crippen molar-refractivity contribution >= 4 is 22.1 Å². The Kier molecular flexibility index (Phi) is 5.73. The molecule has 1 atom stereocenters. The molecule has 0 aliphatic heterocycles. The normalized spacial score (nSPS) is 15.2. The smallest absolute Gasteiger partial charge is 0.328 e. The fraction of sp³-hybridized carbons (Fsp3) is 0.400. The zero-order valence-corrected chi connectivity index (χ0v) is 10.3. The van der Waals surface area contributed by atoms with Gasteiger partial charge < -0.3 is 10.2 Å². The number of allylic oxidation sites excluding steroid dienone is 3. The molecule has 0 aromatic rings. The number of hydrogen-bond acceptors (Lipinski definition) is 4. The van der Waals surface area contributed by atoms with Crippen LogP contribution >= 0.6 is 0 Å². The van der Waals surface area contributed by atoms with E-state index in [0.717, 1.165) is 0 Å². The van der Waals surface area contributed by atoms with E-state index in [2.05, 4.69) is 6.58 Å². The molecule has 0 heterocycles. The number of rotatable bonds is 8. The van der Waals surface area contributed by atoms with Gasteiger partial charge in [-0.1, -0.05) is 18.2 Å². The lowest BCUT2D eigenvalue weighted by molar-refractivity contribution is -0.146. The maximum Gasteiger partial charge on any atom is 0.328 e. The molecule has 0 fully saturated rings. The van der Waals surface area contributed by atoms with Crippen LogP contribution in [-0.2, 0) is 19.7 Å². The van der Waals surface area contributed by atoms with Gasteiger partial charge in [0.2, 0.25) is 4.75 Å². The van der Waals surface area contributed by atoms with Gasteiger partial charge in [-0.05, 0) is 12.8 Å². The molecular weight excluding hydrogens is 264 g/mol. The Morgan fingerprint density at radius 2 is 1.78 bits per heavy atom. The molecule has 1 unspecified atom stereocenters. The van der Waals surface area contributed by atoms with Crippen molar-refractivity contribution in [2.24, 2.45) is 0 Å². The summed E-state index contributed by atoms with van der Waals surface area (Å²) in [5.41, 5.74) is 0. The maximum absolute atomic E-state index is 11.2. The molecule has 0 aromatic carbocycles. The zero-order chi connectivity index (χ0) is 14.4. The number of carboxylic acids is 2. The molecule has 0 radical (unpaired) electrons. The molecule has 0 aromatic heterocycles. The quantitative estimate of drug-likeness (QED) is 0.440. The molecule has 0 aliphatic carbocycles. The van der Waals surface area contributed by atoms with Gasteiger partial charge in [0.1, 0.15) is 0 Å². The lowest BCUT2D eigenvalue weighted by Gasteiger charge is -2.22. The van der Waals surface area contributed by atoms with E-state index in [1.807, 2.05) is 0 Å². The Morgan fingerprint density at radius 3 is 2.11 bits per heavy atom. The Hall–Kier alpha value is -1.67. The minimum atomic E-state index is -5.07. The van der Waals surface area contributed by atoms with Crippen LogP contribution in [0.5, 0.6) is 0 Å². The van der Waals surface area contributed by atoms with Crippen molar-refractivity contribution in [2.75, 3.05) is 0 Å². The first-order chi connectivity index (χ1) is 8.17. The molecule has 7 nitrogen and oxygen atoms in total. The van der Waals surface area contributed by atoms with Crippen LogP contribution < -0.4 is 0 Å². The summed E-state index contributed by atoms with van der Waals surface area (Å²) in [6, 6.07) is 0. The molecular formula is C10H14O7S. The highest BCUT2D eigenvalue weighted by molar-refractivity contribution is 7.88. The number of hydrogen-bond donors (Lipinski definition) is 3. The van der Waals surface area contributed by atoms with Crippen LogP contribution in [0.1, 0.15) is 19.3 Å². The predicted molar refractivity (Wildman–Crippen MR) is 62.7 cm³/mol. The fourth-order valence-electron chi connectivity index (χ4n) is 1.25. The van der Waals surface area contributed by atoms with Gasteiger partial charge in [0.05, 0.1) is 6.42 Å². The van der Waals surface area contributed by atoms with E-state index < -0.39 is 39.6 Å². The van der Waals surface area contributed by atoms with Gasteiger partial charge in [-0.15, -0.1) is 6.58 Å². The Morgan fingerprint density at radius 1 is 1.22 bits per heavy atom. The Bertz CT molecular complexity index is 463. The van der Waals surface area contributed by atoms with Crippen LogP contribution in [0.2, 0.25) is 0 Å². The van der Waals surface area contributed by atoms with E-state index in [4.69, 9.17) is 14.8 Å². The van der Waals surface area contributed by atoms with Gasteiger partial charge in [0.25, 0.3) is 10.1 Å². The first-order valence-corrected chi connectivity index (χ1v) is 6.29. The molecule has 0 amide bonds. The Balaban J connectivity index is 5.42. The lowest BCUT2D eigenvalue weighted by Crippen LogP contribution is -2.47. The van der Waals surface area contributed by atoms with Crippen LogP contribution in [0.3, 0.4) is 0 Å². The third-order valence-electron chi connectivity index (χ3n) is 2.24. The van der Waals surface area contributed by atoms with Gasteiger partial charge in [-0.3, -0.25) is 14.1 Å². The molecule has 18 heavy (non-hydrogen) atoms. The minimum Gasteiger partial charge on any atom is -0.481 e. The summed E-state index contributed by atoms with van der Waals surface area (Å²) in [6.07, 6.45) is 2.61. The van der Waals surface area contributed by atoms with Gasteiger partial charge in [0, 0.05) is 0 Å². The molecule has 0 saturated carbocycles. The second kappa shape index (κ2) is 6.31. The maximum atomic E-state index is 11.2. The van der Waals surface area contributed by atoms with Crippen molar-refractivity contribution in [1.29, 1.82) is 0 Å². The molecule has 8 heteroatoms. The number of aliphatic carboxylic acids is 2. The SMILES string of the molecule is C=CCC=CCC(CC(=O)O)(C(=O)O)S(=O)(=O)O. The predicted octanol–water partition coefficient (Wildman–Crippen LogP) is 0.695. The third kappa shape index (κ3) is 3.97. The Labute approximate surface area is 104 Å². The van der Waals surface area contributed by atoms with Gasteiger partial charge in [-0.2, -0.15) is 8.42 Å². The molecule has 0 spiro atoms. The van der Waals surface area contributed by atoms with E-state index in [9.17, 15) is 18.0 Å². The van der Waals surface area contributed by atoms with Crippen LogP contribution in [0.15, 0.2) is 24.8 Å². The van der Waals surface area contributed by atoms with Crippen molar-refractivity contribution in [3.05, 3.63) is 24.8 Å². The molecule has 3 N–H and O–H groups in total. The van der Waals surface area contributed by atoms with Crippen molar-refractivity contribution in [1.82, 2.24) is 0 Å². The second-order valence-electron chi connectivity index (χ2n) is 3.54. The van der Waals surface area contributed by atoms with Crippen LogP contribution in [0.4, 0.5) is 0 Å². The number of carboxylic acid groups (broad SMARTS) is 2. The van der Waals surface area contributed by atoms with Gasteiger partial charge >= 0.3 is 11.9 Å². The zero-order valence-electron chi connectivity index (χ0n) is 9.44. The number of carbonyl (C=O) groups is 2. The van der Waals surface area contributed by atoms with Crippen molar-refractivity contribution in [2.45, 2.75) is 24.0 Å². The van der Waals surface area contributed by atoms with E-state index >= 15 is 0 Å². The van der Waals surface area contributed by atoms with Crippen molar-refractivity contribution < 1.29 is 32.8 Å². The fourth-order valence-corrected chi connectivity index (χ4v) is 2.09. The summed E-state index contributed by atoms with van der Waals surface area (Å²) in [5, 5.41) is 17.5. The van der Waals surface area contributed by atoms with E-state index in [-0.39, 0.29) is 0 Å². The highest BCUT2D eigenvalue weighted by Crippen LogP contribution is 2.27. The van der Waals surface area contributed by atoms with Crippen LogP contribution in [0.25, 0.3) is 0 Å². The molecule has 0 rings (SSSR count). The van der Waals surface area contributed by atoms with Gasteiger partial charge in [0.15, 0.2) is 0 Å². The standard InChI is InChI=1S/C10H14O7S/c1-2-3-4-5-6-10(9(13)14,7-8(11)12)18(15,16)17/h2,4-5H,1,3,6-7H2,(H,11,12)(H,13,14)(H,15,16,17).